The third kappa shape index (κ3) is 4.15. The van der Waals surface area contributed by atoms with Gasteiger partial charge in [0.1, 0.15) is 0 Å². The van der Waals surface area contributed by atoms with E-state index in [9.17, 15) is 13.2 Å². The summed E-state index contributed by atoms with van der Waals surface area (Å²) in [6.45, 7) is 3.42. The number of carbonyl (C=O) groups is 1. The van der Waals surface area contributed by atoms with Crippen LogP contribution >= 0.6 is 0 Å². The van der Waals surface area contributed by atoms with Crippen molar-refractivity contribution in [2.45, 2.75) is 38.0 Å². The summed E-state index contributed by atoms with van der Waals surface area (Å²) in [7, 11) is -3.16. The van der Waals surface area contributed by atoms with E-state index in [1.807, 2.05) is 42.5 Å². The fourth-order valence-corrected chi connectivity index (χ4v) is 4.73. The van der Waals surface area contributed by atoms with Gasteiger partial charge in [0.25, 0.3) is 0 Å². The second-order valence-electron chi connectivity index (χ2n) is 7.21. The molecule has 1 heterocycles. The van der Waals surface area contributed by atoms with Crippen molar-refractivity contribution >= 4 is 15.7 Å². The molecule has 0 aromatic heterocycles. The summed E-state index contributed by atoms with van der Waals surface area (Å²) in [4.78, 5) is 11.9. The Morgan fingerprint density at radius 1 is 1.00 bits per heavy atom. The van der Waals surface area contributed by atoms with E-state index in [1.165, 1.54) is 0 Å². The summed E-state index contributed by atoms with van der Waals surface area (Å²) in [6, 6.07) is 17.9. The Morgan fingerprint density at radius 3 is 2.23 bits per heavy atom. The fraction of sp³-hybridized carbons (Fsp3) is 0.381. The van der Waals surface area contributed by atoms with E-state index in [-0.39, 0.29) is 23.6 Å². The summed E-state index contributed by atoms with van der Waals surface area (Å²) in [6.07, 6.45) is 0.986. The zero-order chi connectivity index (χ0) is 18.7. The van der Waals surface area contributed by atoms with Gasteiger partial charge < -0.3 is 5.32 Å². The van der Waals surface area contributed by atoms with Gasteiger partial charge in [-0.3, -0.25) is 4.79 Å². The van der Waals surface area contributed by atoms with E-state index in [4.69, 9.17) is 0 Å². The summed E-state index contributed by atoms with van der Waals surface area (Å²) in [5.74, 6) is -0.00114. The molecule has 1 saturated heterocycles. The molecule has 0 spiro atoms. The van der Waals surface area contributed by atoms with E-state index in [0.29, 0.717) is 12.8 Å². The van der Waals surface area contributed by atoms with Crippen molar-refractivity contribution in [1.82, 2.24) is 5.32 Å². The highest BCUT2D eigenvalue weighted by Crippen LogP contribution is 2.32. The number of hydrogen-bond donors (Lipinski definition) is 1. The lowest BCUT2D eigenvalue weighted by Crippen LogP contribution is -2.41. The first-order chi connectivity index (χ1) is 12.4. The molecule has 2 atom stereocenters. The molecule has 1 aliphatic heterocycles. The first-order valence-corrected chi connectivity index (χ1v) is 10.7. The SMILES string of the molecule is CC(C)S(=O)(=O)C[C@@H]1CCC(=O)N[C@H]1c1ccc(-c2ccccc2)cc1. The Bertz CT molecular complexity index is 858. The van der Waals surface area contributed by atoms with Gasteiger partial charge in [-0.15, -0.1) is 0 Å². The molecule has 0 bridgehead atoms. The number of hydrogen-bond acceptors (Lipinski definition) is 3. The monoisotopic (exact) mass is 371 g/mol. The van der Waals surface area contributed by atoms with Gasteiger partial charge in [0, 0.05) is 6.42 Å². The molecule has 138 valence electrons. The molecule has 0 radical (unpaired) electrons. The number of sulfone groups is 1. The van der Waals surface area contributed by atoms with Crippen LogP contribution in [-0.2, 0) is 14.6 Å². The zero-order valence-electron chi connectivity index (χ0n) is 15.2. The molecule has 0 saturated carbocycles. The second-order valence-corrected chi connectivity index (χ2v) is 9.81. The van der Waals surface area contributed by atoms with E-state index in [1.54, 1.807) is 13.8 Å². The molecule has 26 heavy (non-hydrogen) atoms. The number of benzene rings is 2. The highest BCUT2D eigenvalue weighted by molar-refractivity contribution is 7.91. The minimum atomic E-state index is -3.16. The van der Waals surface area contributed by atoms with Crippen molar-refractivity contribution in [3.8, 4) is 11.1 Å². The summed E-state index contributed by atoms with van der Waals surface area (Å²) in [5.41, 5.74) is 3.19. The van der Waals surface area contributed by atoms with Gasteiger partial charge in [-0.25, -0.2) is 8.42 Å². The molecular weight excluding hydrogens is 346 g/mol. The Morgan fingerprint density at radius 2 is 1.62 bits per heavy atom. The quantitative estimate of drug-likeness (QED) is 0.871. The summed E-state index contributed by atoms with van der Waals surface area (Å²) < 4.78 is 24.8. The van der Waals surface area contributed by atoms with Crippen LogP contribution < -0.4 is 5.32 Å². The smallest absolute Gasteiger partial charge is 0.220 e. The van der Waals surface area contributed by atoms with Gasteiger partial charge in [-0.05, 0) is 42.9 Å². The molecule has 2 aromatic carbocycles. The van der Waals surface area contributed by atoms with Crippen LogP contribution in [-0.4, -0.2) is 25.3 Å². The molecular formula is C21H25NO3S. The first kappa shape index (κ1) is 18.6. The van der Waals surface area contributed by atoms with Gasteiger partial charge >= 0.3 is 0 Å². The molecule has 0 unspecified atom stereocenters. The van der Waals surface area contributed by atoms with E-state index in [0.717, 1.165) is 16.7 Å². The second kappa shape index (κ2) is 7.62. The standard InChI is InChI=1S/C21H25NO3S/c1-15(2)26(24,25)14-19-12-13-20(23)22-21(19)18-10-8-17(9-11-18)16-6-4-3-5-7-16/h3-11,15,19,21H,12-14H2,1-2H3,(H,22,23)/t19-,21-/m0/s1. The van der Waals surface area contributed by atoms with Crippen LogP contribution in [0.25, 0.3) is 11.1 Å². The third-order valence-corrected chi connectivity index (χ3v) is 7.40. The van der Waals surface area contributed by atoms with Gasteiger partial charge in [0.15, 0.2) is 9.84 Å². The normalized spacial score (nSPS) is 20.8. The number of amides is 1. The van der Waals surface area contributed by atoms with Crippen LogP contribution in [0.15, 0.2) is 54.6 Å². The maximum atomic E-state index is 12.4. The molecule has 4 nitrogen and oxygen atoms in total. The maximum Gasteiger partial charge on any atom is 0.220 e. The Hall–Kier alpha value is -2.14. The number of piperidine rings is 1. The van der Waals surface area contributed by atoms with E-state index < -0.39 is 15.1 Å². The lowest BCUT2D eigenvalue weighted by molar-refractivity contribution is -0.124. The Kier molecular flexibility index (Phi) is 5.47. The molecule has 1 N–H and O–H groups in total. The van der Waals surface area contributed by atoms with Gasteiger partial charge in [-0.2, -0.15) is 0 Å². The van der Waals surface area contributed by atoms with Crippen molar-refractivity contribution < 1.29 is 13.2 Å². The predicted molar refractivity (Wildman–Crippen MR) is 104 cm³/mol. The molecule has 3 rings (SSSR count). The van der Waals surface area contributed by atoms with Gasteiger partial charge in [0.05, 0.1) is 17.0 Å². The van der Waals surface area contributed by atoms with Crippen molar-refractivity contribution in [2.75, 3.05) is 5.75 Å². The number of nitrogens with one attached hydrogen (secondary N) is 1. The molecule has 1 aliphatic rings. The van der Waals surface area contributed by atoms with E-state index >= 15 is 0 Å². The highest BCUT2D eigenvalue weighted by atomic mass is 32.2. The highest BCUT2D eigenvalue weighted by Gasteiger charge is 2.34. The minimum absolute atomic E-state index is 0.0136. The van der Waals surface area contributed by atoms with E-state index in [2.05, 4.69) is 17.4 Å². The zero-order valence-corrected chi connectivity index (χ0v) is 16.0. The molecule has 0 aliphatic carbocycles. The molecule has 5 heteroatoms. The summed E-state index contributed by atoms with van der Waals surface area (Å²) in [5, 5.41) is 2.60. The van der Waals surface area contributed by atoms with Crippen LogP contribution in [0.4, 0.5) is 0 Å². The number of rotatable bonds is 5. The lowest BCUT2D eigenvalue weighted by Gasteiger charge is -2.33. The van der Waals surface area contributed by atoms with Crippen LogP contribution in [0.2, 0.25) is 0 Å². The van der Waals surface area contributed by atoms with Crippen molar-refractivity contribution in [2.24, 2.45) is 5.92 Å². The topological polar surface area (TPSA) is 63.2 Å². The van der Waals surface area contributed by atoms with Crippen LogP contribution in [0.3, 0.4) is 0 Å². The fourth-order valence-electron chi connectivity index (χ4n) is 3.39. The largest absolute Gasteiger partial charge is 0.349 e. The Balaban J connectivity index is 1.85. The first-order valence-electron chi connectivity index (χ1n) is 9.03. The van der Waals surface area contributed by atoms with Gasteiger partial charge in [-0.1, -0.05) is 54.6 Å². The Labute approximate surface area is 155 Å². The minimum Gasteiger partial charge on any atom is -0.349 e. The molecule has 1 amide bonds. The number of carbonyl (C=O) groups excluding carboxylic acids is 1. The lowest BCUT2D eigenvalue weighted by atomic mass is 9.86. The molecule has 1 fully saturated rings. The molecule has 2 aromatic rings. The van der Waals surface area contributed by atoms with Gasteiger partial charge in [0.2, 0.25) is 5.91 Å². The third-order valence-electron chi connectivity index (χ3n) is 5.07. The maximum absolute atomic E-state index is 12.4. The average molecular weight is 372 g/mol. The summed E-state index contributed by atoms with van der Waals surface area (Å²) >= 11 is 0. The van der Waals surface area contributed by atoms with Crippen LogP contribution in [0, 0.1) is 5.92 Å². The van der Waals surface area contributed by atoms with Crippen molar-refractivity contribution in [3.63, 3.8) is 0 Å². The van der Waals surface area contributed by atoms with Crippen LogP contribution in [0.1, 0.15) is 38.3 Å². The van der Waals surface area contributed by atoms with Crippen molar-refractivity contribution in [1.29, 1.82) is 0 Å². The van der Waals surface area contributed by atoms with Crippen molar-refractivity contribution in [3.05, 3.63) is 60.2 Å². The predicted octanol–water partition coefficient (Wildman–Crippen LogP) is 3.74. The average Bonchev–Trinajstić information content (AvgIpc) is 2.64. The van der Waals surface area contributed by atoms with Crippen LogP contribution in [0.5, 0.6) is 0 Å².